The molecule has 2 aromatic carbocycles. The summed E-state index contributed by atoms with van der Waals surface area (Å²) in [7, 11) is -3.76. The van der Waals surface area contributed by atoms with Gasteiger partial charge in [0.2, 0.25) is 0 Å². The average molecular weight is 369 g/mol. The molecule has 0 spiro atoms. The van der Waals surface area contributed by atoms with Gasteiger partial charge in [0, 0.05) is 22.7 Å². The van der Waals surface area contributed by atoms with Crippen LogP contribution in [0, 0.1) is 6.92 Å². The molecule has 26 heavy (non-hydrogen) atoms. The predicted molar refractivity (Wildman–Crippen MR) is 101 cm³/mol. The van der Waals surface area contributed by atoms with Crippen LogP contribution in [0.15, 0.2) is 65.6 Å². The average Bonchev–Trinajstić information content (AvgIpc) is 2.93. The van der Waals surface area contributed by atoms with E-state index in [0.717, 1.165) is 5.39 Å². The van der Waals surface area contributed by atoms with Crippen LogP contribution >= 0.6 is 0 Å². The van der Waals surface area contributed by atoms with Crippen molar-refractivity contribution in [3.8, 4) is 0 Å². The first kappa shape index (κ1) is 17.9. The molecule has 5 nitrogen and oxygen atoms in total. The minimum atomic E-state index is -3.76. The summed E-state index contributed by atoms with van der Waals surface area (Å²) in [5, 5.41) is 0.755. The van der Waals surface area contributed by atoms with E-state index in [4.69, 9.17) is 4.74 Å². The first-order valence-electron chi connectivity index (χ1n) is 8.22. The Morgan fingerprint density at radius 1 is 1.08 bits per heavy atom. The molecule has 0 aliphatic heterocycles. The monoisotopic (exact) mass is 369 g/mol. The molecule has 1 aromatic heterocycles. The highest BCUT2D eigenvalue weighted by atomic mass is 32.2. The van der Waals surface area contributed by atoms with E-state index < -0.39 is 16.0 Å². The number of aromatic nitrogens is 1. The predicted octanol–water partition coefficient (Wildman–Crippen LogP) is 3.76. The van der Waals surface area contributed by atoms with E-state index in [1.165, 1.54) is 10.0 Å². The van der Waals surface area contributed by atoms with Crippen LogP contribution in [0.4, 0.5) is 0 Å². The molecule has 0 fully saturated rings. The van der Waals surface area contributed by atoms with E-state index >= 15 is 0 Å². The third-order valence-corrected chi connectivity index (χ3v) is 5.88. The molecule has 0 bridgehead atoms. The second-order valence-corrected chi connectivity index (χ2v) is 7.47. The van der Waals surface area contributed by atoms with E-state index in [-0.39, 0.29) is 11.5 Å². The Hall–Kier alpha value is -2.86. The van der Waals surface area contributed by atoms with Gasteiger partial charge in [0.15, 0.2) is 0 Å². The van der Waals surface area contributed by atoms with E-state index in [1.807, 2.05) is 12.1 Å². The molecule has 0 unspecified atom stereocenters. The fourth-order valence-electron chi connectivity index (χ4n) is 2.92. The Kier molecular flexibility index (Phi) is 4.95. The van der Waals surface area contributed by atoms with Crippen molar-refractivity contribution >= 4 is 33.0 Å². The number of para-hydroxylation sites is 1. The van der Waals surface area contributed by atoms with E-state index in [9.17, 15) is 13.2 Å². The van der Waals surface area contributed by atoms with Gasteiger partial charge in [0.25, 0.3) is 10.0 Å². The zero-order chi connectivity index (χ0) is 18.7. The van der Waals surface area contributed by atoms with Crippen molar-refractivity contribution in [2.45, 2.75) is 18.7 Å². The van der Waals surface area contributed by atoms with Crippen molar-refractivity contribution in [2.24, 2.45) is 0 Å². The molecule has 0 atom stereocenters. The molecular weight excluding hydrogens is 350 g/mol. The molecule has 0 aliphatic rings. The molecule has 0 saturated heterocycles. The van der Waals surface area contributed by atoms with Gasteiger partial charge in [0.1, 0.15) is 0 Å². The number of benzene rings is 2. The number of rotatable bonds is 5. The van der Waals surface area contributed by atoms with Gasteiger partial charge in [-0.1, -0.05) is 36.4 Å². The van der Waals surface area contributed by atoms with Crippen molar-refractivity contribution < 1.29 is 17.9 Å². The van der Waals surface area contributed by atoms with Crippen LogP contribution in [0.25, 0.3) is 17.0 Å². The highest BCUT2D eigenvalue weighted by molar-refractivity contribution is 7.90. The number of fused-ring (bicyclic) bond motifs is 1. The smallest absolute Gasteiger partial charge is 0.330 e. The Morgan fingerprint density at radius 2 is 1.73 bits per heavy atom. The zero-order valence-corrected chi connectivity index (χ0v) is 15.4. The molecule has 6 heteroatoms. The molecule has 0 radical (unpaired) electrons. The maximum Gasteiger partial charge on any atom is 0.330 e. The van der Waals surface area contributed by atoms with Crippen molar-refractivity contribution in [3.05, 3.63) is 71.9 Å². The lowest BCUT2D eigenvalue weighted by molar-refractivity contribution is -0.137. The molecule has 134 valence electrons. The first-order chi connectivity index (χ1) is 12.5. The zero-order valence-electron chi connectivity index (χ0n) is 14.5. The minimum Gasteiger partial charge on any atom is -0.463 e. The van der Waals surface area contributed by atoms with Crippen molar-refractivity contribution in [1.29, 1.82) is 0 Å². The largest absolute Gasteiger partial charge is 0.463 e. The van der Waals surface area contributed by atoms with Gasteiger partial charge in [0.05, 0.1) is 17.0 Å². The van der Waals surface area contributed by atoms with Crippen LogP contribution in [-0.4, -0.2) is 25.0 Å². The van der Waals surface area contributed by atoms with Crippen LogP contribution in [0.3, 0.4) is 0 Å². The lowest BCUT2D eigenvalue weighted by atomic mass is 10.1. The minimum absolute atomic E-state index is 0.213. The molecule has 0 N–H and O–H groups in total. The van der Waals surface area contributed by atoms with Crippen LogP contribution < -0.4 is 0 Å². The Labute approximate surface area is 152 Å². The van der Waals surface area contributed by atoms with Gasteiger partial charge in [-0.15, -0.1) is 0 Å². The molecule has 3 aromatic rings. The molecule has 0 aliphatic carbocycles. The second kappa shape index (κ2) is 7.17. The van der Waals surface area contributed by atoms with E-state index in [2.05, 4.69) is 0 Å². The summed E-state index contributed by atoms with van der Waals surface area (Å²) < 4.78 is 32.6. The molecular formula is C20H19NO4S. The van der Waals surface area contributed by atoms with Crippen molar-refractivity contribution in [1.82, 2.24) is 3.97 Å². The third-order valence-electron chi connectivity index (χ3n) is 4.06. The van der Waals surface area contributed by atoms with Crippen LogP contribution in [-0.2, 0) is 19.6 Å². The van der Waals surface area contributed by atoms with Gasteiger partial charge in [-0.3, -0.25) is 0 Å². The summed E-state index contributed by atoms with van der Waals surface area (Å²) in [5.41, 5.74) is 1.78. The number of esters is 1. The molecule has 0 amide bonds. The summed E-state index contributed by atoms with van der Waals surface area (Å²) in [4.78, 5) is 11.9. The standard InChI is InChI=1S/C20H19NO4S/c1-3-25-20(22)14-13-17-15(2)21(19-12-8-7-11-18(17)19)26(23,24)16-9-5-4-6-10-16/h4-14H,3H2,1-2H3/b14-13+. The highest BCUT2D eigenvalue weighted by Crippen LogP contribution is 2.30. The number of hydrogen-bond acceptors (Lipinski definition) is 4. The molecule has 3 rings (SSSR count). The van der Waals surface area contributed by atoms with Crippen molar-refractivity contribution in [2.75, 3.05) is 6.61 Å². The van der Waals surface area contributed by atoms with Gasteiger partial charge in [-0.05, 0) is 38.1 Å². The highest BCUT2D eigenvalue weighted by Gasteiger charge is 2.23. The topological polar surface area (TPSA) is 65.4 Å². The summed E-state index contributed by atoms with van der Waals surface area (Å²) >= 11 is 0. The quantitative estimate of drug-likeness (QED) is 0.507. The summed E-state index contributed by atoms with van der Waals surface area (Å²) in [6.07, 6.45) is 2.92. The lowest BCUT2D eigenvalue weighted by Crippen LogP contribution is -2.14. The number of carbonyl (C=O) groups excluding carboxylic acids is 1. The molecule has 0 saturated carbocycles. The van der Waals surface area contributed by atoms with Gasteiger partial charge < -0.3 is 4.74 Å². The Morgan fingerprint density at radius 3 is 2.42 bits per heavy atom. The fraction of sp³-hybridized carbons (Fsp3) is 0.150. The van der Waals surface area contributed by atoms with Gasteiger partial charge in [-0.25, -0.2) is 17.2 Å². The number of carbonyl (C=O) groups is 1. The summed E-state index contributed by atoms with van der Waals surface area (Å²) in [6.45, 7) is 3.74. The second-order valence-electron chi connectivity index (χ2n) is 5.68. The Bertz CT molecular complexity index is 1080. The van der Waals surface area contributed by atoms with Crippen molar-refractivity contribution in [3.63, 3.8) is 0 Å². The van der Waals surface area contributed by atoms with Gasteiger partial charge >= 0.3 is 5.97 Å². The maximum atomic E-state index is 13.2. The number of ether oxygens (including phenoxy) is 1. The van der Waals surface area contributed by atoms with Gasteiger partial charge in [-0.2, -0.15) is 0 Å². The van der Waals surface area contributed by atoms with Crippen LogP contribution in [0.1, 0.15) is 18.2 Å². The maximum absolute atomic E-state index is 13.2. The molecule has 1 heterocycles. The van der Waals surface area contributed by atoms with E-state index in [0.29, 0.717) is 16.8 Å². The number of nitrogens with zero attached hydrogens (tertiary/aromatic N) is 1. The number of hydrogen-bond donors (Lipinski definition) is 0. The third kappa shape index (κ3) is 3.15. The van der Waals surface area contributed by atoms with Crippen LogP contribution in [0.5, 0.6) is 0 Å². The van der Waals surface area contributed by atoms with Crippen LogP contribution in [0.2, 0.25) is 0 Å². The fourth-order valence-corrected chi connectivity index (χ4v) is 4.51. The lowest BCUT2D eigenvalue weighted by Gasteiger charge is -2.10. The SMILES string of the molecule is CCOC(=O)/C=C/c1c(C)n(S(=O)(=O)c2ccccc2)c2ccccc12. The van der Waals surface area contributed by atoms with E-state index in [1.54, 1.807) is 62.4 Å². The summed E-state index contributed by atoms with van der Waals surface area (Å²) in [5.74, 6) is -0.463. The summed E-state index contributed by atoms with van der Waals surface area (Å²) in [6, 6.07) is 15.5. The Balaban J connectivity index is 2.22. The first-order valence-corrected chi connectivity index (χ1v) is 9.66. The normalized spacial score (nSPS) is 11.9.